The normalized spacial score (nSPS) is 16.8. The van der Waals surface area contributed by atoms with Gasteiger partial charge in [0.05, 0.1) is 0 Å². The summed E-state index contributed by atoms with van der Waals surface area (Å²) in [5.74, 6) is -0.204. The molecule has 1 aliphatic rings. The number of carbonyl (C=O) groups excluding carboxylic acids is 2. The first-order valence-electron chi connectivity index (χ1n) is 9.10. The van der Waals surface area contributed by atoms with Crippen LogP contribution in [-0.2, 0) is 9.59 Å². The molecule has 0 saturated carbocycles. The summed E-state index contributed by atoms with van der Waals surface area (Å²) < 4.78 is 13.8. The van der Waals surface area contributed by atoms with Crippen LogP contribution in [0.4, 0.5) is 4.39 Å². The number of amides is 2. The van der Waals surface area contributed by atoms with Gasteiger partial charge in [-0.1, -0.05) is 25.1 Å². The predicted octanol–water partition coefficient (Wildman–Crippen LogP) is 3.42. The minimum Gasteiger partial charge on any atom is -0.343 e. The van der Waals surface area contributed by atoms with Gasteiger partial charge in [0, 0.05) is 38.5 Å². The maximum absolute atomic E-state index is 13.8. The Morgan fingerprint density at radius 2 is 1.80 bits per heavy atom. The molecule has 0 bridgehead atoms. The van der Waals surface area contributed by atoms with Gasteiger partial charge in [0.1, 0.15) is 5.82 Å². The summed E-state index contributed by atoms with van der Waals surface area (Å²) in [6, 6.07) is 6.80. The zero-order valence-electron chi connectivity index (χ0n) is 15.7. The fourth-order valence-corrected chi connectivity index (χ4v) is 3.29. The first-order valence-corrected chi connectivity index (χ1v) is 9.10. The Morgan fingerprint density at radius 1 is 1.20 bits per heavy atom. The highest BCUT2D eigenvalue weighted by Crippen LogP contribution is 2.25. The molecule has 4 nitrogen and oxygen atoms in total. The Balaban J connectivity index is 1.87. The lowest BCUT2D eigenvalue weighted by Gasteiger charge is -2.34. The van der Waals surface area contributed by atoms with Gasteiger partial charge in [-0.2, -0.15) is 0 Å². The van der Waals surface area contributed by atoms with E-state index in [1.807, 2.05) is 32.7 Å². The zero-order valence-corrected chi connectivity index (χ0v) is 15.7. The van der Waals surface area contributed by atoms with Crippen LogP contribution in [-0.4, -0.2) is 47.8 Å². The van der Waals surface area contributed by atoms with Gasteiger partial charge in [-0.05, 0) is 44.2 Å². The van der Waals surface area contributed by atoms with E-state index < -0.39 is 0 Å². The molecule has 0 aromatic heterocycles. The number of rotatable bonds is 5. The van der Waals surface area contributed by atoms with Crippen molar-refractivity contribution in [2.24, 2.45) is 5.92 Å². The number of benzene rings is 1. The van der Waals surface area contributed by atoms with E-state index in [9.17, 15) is 14.0 Å². The minimum absolute atomic E-state index is 0.000409. The SMILES string of the molecule is CC(CC(=O)N1CCC(C(=O)N(C)C(C)C)CC1)c1ccccc1F. The third-order valence-corrected chi connectivity index (χ3v) is 5.24. The number of halogens is 1. The molecule has 1 aliphatic heterocycles. The van der Waals surface area contributed by atoms with E-state index in [1.54, 1.807) is 23.1 Å². The van der Waals surface area contributed by atoms with E-state index >= 15 is 0 Å². The number of likely N-dealkylation sites (tertiary alicyclic amines) is 1. The molecule has 5 heteroatoms. The Labute approximate surface area is 150 Å². The Kier molecular flexibility index (Phi) is 6.57. The van der Waals surface area contributed by atoms with Gasteiger partial charge in [-0.3, -0.25) is 9.59 Å². The molecule has 0 N–H and O–H groups in total. The maximum atomic E-state index is 13.8. The molecular weight excluding hydrogens is 319 g/mol. The van der Waals surface area contributed by atoms with Gasteiger partial charge in [0.25, 0.3) is 0 Å². The van der Waals surface area contributed by atoms with Crippen LogP contribution in [0, 0.1) is 11.7 Å². The smallest absolute Gasteiger partial charge is 0.225 e. The van der Waals surface area contributed by atoms with Crippen molar-refractivity contribution < 1.29 is 14.0 Å². The molecule has 1 atom stereocenters. The Morgan fingerprint density at radius 3 is 2.36 bits per heavy atom. The van der Waals surface area contributed by atoms with Crippen LogP contribution in [0.1, 0.15) is 51.5 Å². The van der Waals surface area contributed by atoms with Crippen molar-refractivity contribution in [3.63, 3.8) is 0 Å². The number of hydrogen-bond acceptors (Lipinski definition) is 2. The molecule has 1 heterocycles. The zero-order chi connectivity index (χ0) is 18.6. The monoisotopic (exact) mass is 348 g/mol. The van der Waals surface area contributed by atoms with Crippen LogP contribution < -0.4 is 0 Å². The molecule has 0 aliphatic carbocycles. The van der Waals surface area contributed by atoms with Gasteiger partial charge in [-0.15, -0.1) is 0 Å². The van der Waals surface area contributed by atoms with Gasteiger partial charge >= 0.3 is 0 Å². The van der Waals surface area contributed by atoms with E-state index in [-0.39, 0.29) is 35.5 Å². The molecule has 0 radical (unpaired) electrons. The maximum Gasteiger partial charge on any atom is 0.225 e. The minimum atomic E-state index is -0.260. The third-order valence-electron chi connectivity index (χ3n) is 5.24. The van der Waals surface area contributed by atoms with Crippen molar-refractivity contribution in [1.29, 1.82) is 0 Å². The van der Waals surface area contributed by atoms with Gasteiger partial charge in [0.15, 0.2) is 0 Å². The fraction of sp³-hybridized carbons (Fsp3) is 0.600. The lowest BCUT2D eigenvalue weighted by Crippen LogP contribution is -2.45. The third kappa shape index (κ3) is 4.80. The number of nitrogens with zero attached hydrogens (tertiary/aromatic N) is 2. The van der Waals surface area contributed by atoms with Crippen molar-refractivity contribution in [1.82, 2.24) is 9.80 Å². The molecule has 1 unspecified atom stereocenters. The summed E-state index contributed by atoms with van der Waals surface area (Å²) in [7, 11) is 1.83. The highest BCUT2D eigenvalue weighted by molar-refractivity contribution is 5.80. The largest absolute Gasteiger partial charge is 0.343 e. The summed E-state index contributed by atoms with van der Waals surface area (Å²) in [6.07, 6.45) is 1.71. The first-order chi connectivity index (χ1) is 11.8. The van der Waals surface area contributed by atoms with Gasteiger partial charge in [0.2, 0.25) is 11.8 Å². The lowest BCUT2D eigenvalue weighted by atomic mass is 9.93. The van der Waals surface area contributed by atoms with Crippen LogP contribution in [0.25, 0.3) is 0 Å². The summed E-state index contributed by atoms with van der Waals surface area (Å²) in [4.78, 5) is 28.5. The molecular formula is C20H29FN2O2. The predicted molar refractivity (Wildman–Crippen MR) is 96.6 cm³/mol. The average molecular weight is 348 g/mol. The molecule has 1 aromatic carbocycles. The van der Waals surface area contributed by atoms with Crippen molar-refractivity contribution in [3.05, 3.63) is 35.6 Å². The second-order valence-electron chi connectivity index (χ2n) is 7.32. The van der Waals surface area contributed by atoms with E-state index in [4.69, 9.17) is 0 Å². The summed E-state index contributed by atoms with van der Waals surface area (Å²) in [6.45, 7) is 7.09. The van der Waals surface area contributed by atoms with E-state index in [2.05, 4.69) is 0 Å². The van der Waals surface area contributed by atoms with Crippen molar-refractivity contribution in [3.8, 4) is 0 Å². The summed E-state index contributed by atoms with van der Waals surface area (Å²) >= 11 is 0. The van der Waals surface area contributed by atoms with Crippen LogP contribution in [0.3, 0.4) is 0 Å². The molecule has 2 rings (SSSR count). The van der Waals surface area contributed by atoms with E-state index in [0.29, 0.717) is 37.9 Å². The van der Waals surface area contributed by atoms with Crippen LogP contribution in [0.5, 0.6) is 0 Å². The highest BCUT2D eigenvalue weighted by atomic mass is 19.1. The average Bonchev–Trinajstić information content (AvgIpc) is 2.60. The molecule has 1 fully saturated rings. The topological polar surface area (TPSA) is 40.6 Å². The van der Waals surface area contributed by atoms with E-state index in [1.165, 1.54) is 6.07 Å². The second-order valence-corrected chi connectivity index (χ2v) is 7.32. The number of carbonyl (C=O) groups is 2. The molecule has 2 amide bonds. The number of hydrogen-bond donors (Lipinski definition) is 0. The lowest BCUT2D eigenvalue weighted by molar-refractivity contribution is -0.141. The highest BCUT2D eigenvalue weighted by Gasteiger charge is 2.30. The van der Waals surface area contributed by atoms with Crippen molar-refractivity contribution in [2.45, 2.75) is 52.0 Å². The Bertz CT molecular complexity index is 609. The second kappa shape index (κ2) is 8.45. The van der Waals surface area contributed by atoms with Crippen LogP contribution in [0.15, 0.2) is 24.3 Å². The van der Waals surface area contributed by atoms with Crippen molar-refractivity contribution >= 4 is 11.8 Å². The van der Waals surface area contributed by atoms with Gasteiger partial charge < -0.3 is 9.80 Å². The molecule has 138 valence electrons. The van der Waals surface area contributed by atoms with Crippen LogP contribution in [0.2, 0.25) is 0 Å². The molecule has 1 saturated heterocycles. The standard InChI is InChI=1S/C20H29FN2O2/c1-14(2)22(4)20(25)16-9-11-23(12-10-16)19(24)13-15(3)17-7-5-6-8-18(17)21/h5-8,14-16H,9-13H2,1-4H3. The summed E-state index contributed by atoms with van der Waals surface area (Å²) in [5.41, 5.74) is 0.583. The van der Waals surface area contributed by atoms with E-state index in [0.717, 1.165) is 0 Å². The Hall–Kier alpha value is -1.91. The number of piperidine rings is 1. The molecule has 1 aromatic rings. The van der Waals surface area contributed by atoms with Gasteiger partial charge in [-0.25, -0.2) is 4.39 Å². The quantitative estimate of drug-likeness (QED) is 0.818. The summed E-state index contributed by atoms with van der Waals surface area (Å²) in [5, 5.41) is 0. The molecule has 25 heavy (non-hydrogen) atoms. The van der Waals surface area contributed by atoms with Crippen LogP contribution >= 0.6 is 0 Å². The fourth-order valence-electron chi connectivity index (χ4n) is 3.29. The molecule has 0 spiro atoms. The first kappa shape index (κ1) is 19.4. The van der Waals surface area contributed by atoms with Crippen molar-refractivity contribution in [2.75, 3.05) is 20.1 Å².